The molecule has 1 aliphatic rings. The second-order valence-electron chi connectivity index (χ2n) is 5.48. The number of amides is 1. The molecule has 0 radical (unpaired) electrons. The number of ether oxygens (including phenoxy) is 1. The molecule has 1 aromatic heterocycles. The van der Waals surface area contributed by atoms with Crippen molar-refractivity contribution in [1.82, 2.24) is 10.3 Å². The molecule has 2 rings (SSSR count). The van der Waals surface area contributed by atoms with Crippen molar-refractivity contribution in [3.05, 3.63) is 23.9 Å². The molecule has 1 saturated carbocycles. The molecule has 1 fully saturated rings. The molecule has 1 amide bonds. The fraction of sp³-hybridized carbons (Fsp3) is 0.600. The van der Waals surface area contributed by atoms with Crippen molar-refractivity contribution >= 4 is 5.91 Å². The van der Waals surface area contributed by atoms with Crippen LogP contribution in [0.15, 0.2) is 18.3 Å². The molecule has 0 bridgehead atoms. The first-order valence-electron chi connectivity index (χ1n) is 7.14. The number of carbonyl (C=O) groups excluding carboxylic acids is 1. The average molecular weight is 278 g/mol. The first-order chi connectivity index (χ1) is 9.60. The van der Waals surface area contributed by atoms with Crippen molar-refractivity contribution in [2.24, 2.45) is 5.92 Å². The summed E-state index contributed by atoms with van der Waals surface area (Å²) in [5.74, 6) is 0.896. The zero-order chi connectivity index (χ0) is 14.5. The van der Waals surface area contributed by atoms with Gasteiger partial charge in [-0.3, -0.25) is 4.79 Å². The Morgan fingerprint density at radius 2 is 2.25 bits per heavy atom. The van der Waals surface area contributed by atoms with Gasteiger partial charge in [0, 0.05) is 24.9 Å². The van der Waals surface area contributed by atoms with Gasteiger partial charge in [0.15, 0.2) is 0 Å². The second kappa shape index (κ2) is 6.70. The lowest BCUT2D eigenvalue weighted by molar-refractivity contribution is 0.0924. The number of aliphatic hydroxyl groups is 1. The molecule has 5 nitrogen and oxygen atoms in total. The van der Waals surface area contributed by atoms with E-state index in [-0.39, 0.29) is 24.7 Å². The van der Waals surface area contributed by atoms with E-state index in [1.165, 1.54) is 6.20 Å². The van der Waals surface area contributed by atoms with Crippen LogP contribution in [0.2, 0.25) is 0 Å². The quantitative estimate of drug-likeness (QED) is 0.797. The SMILES string of the molecule is CC(C)Oc1ccc(C(=O)NC(CCO)C2CC2)cn1. The Labute approximate surface area is 119 Å². The van der Waals surface area contributed by atoms with Gasteiger partial charge in [0.05, 0.1) is 11.7 Å². The maximum Gasteiger partial charge on any atom is 0.253 e. The molecule has 2 N–H and O–H groups in total. The van der Waals surface area contributed by atoms with Crippen molar-refractivity contribution in [1.29, 1.82) is 0 Å². The molecule has 1 atom stereocenters. The smallest absolute Gasteiger partial charge is 0.253 e. The maximum atomic E-state index is 12.1. The molecule has 20 heavy (non-hydrogen) atoms. The van der Waals surface area contributed by atoms with Gasteiger partial charge in [0.1, 0.15) is 0 Å². The van der Waals surface area contributed by atoms with Crippen LogP contribution in [0.3, 0.4) is 0 Å². The van der Waals surface area contributed by atoms with Gasteiger partial charge in [0.25, 0.3) is 5.91 Å². The number of nitrogens with zero attached hydrogens (tertiary/aromatic N) is 1. The Bertz CT molecular complexity index is 441. The van der Waals surface area contributed by atoms with E-state index in [0.717, 1.165) is 12.8 Å². The van der Waals surface area contributed by atoms with Gasteiger partial charge < -0.3 is 15.2 Å². The van der Waals surface area contributed by atoms with Crippen molar-refractivity contribution < 1.29 is 14.6 Å². The molecule has 1 aliphatic carbocycles. The number of rotatable bonds is 7. The average Bonchev–Trinajstić information content (AvgIpc) is 3.22. The van der Waals surface area contributed by atoms with Crippen LogP contribution in [-0.4, -0.2) is 34.8 Å². The van der Waals surface area contributed by atoms with Gasteiger partial charge in [-0.2, -0.15) is 0 Å². The third-order valence-electron chi connectivity index (χ3n) is 3.30. The number of aromatic nitrogens is 1. The molecule has 0 aromatic carbocycles. The Kier molecular flexibility index (Phi) is 4.95. The predicted octanol–water partition coefficient (Wildman–Crippen LogP) is 1.76. The fourth-order valence-electron chi connectivity index (χ4n) is 2.14. The molecule has 5 heteroatoms. The summed E-state index contributed by atoms with van der Waals surface area (Å²) >= 11 is 0. The Balaban J connectivity index is 1.94. The Hall–Kier alpha value is -1.62. The summed E-state index contributed by atoms with van der Waals surface area (Å²) in [6, 6.07) is 3.48. The number of hydrogen-bond acceptors (Lipinski definition) is 4. The van der Waals surface area contributed by atoms with Gasteiger partial charge >= 0.3 is 0 Å². The van der Waals surface area contributed by atoms with E-state index in [9.17, 15) is 4.79 Å². The highest BCUT2D eigenvalue weighted by Gasteiger charge is 2.31. The molecular formula is C15H22N2O3. The number of hydrogen-bond donors (Lipinski definition) is 2. The topological polar surface area (TPSA) is 71.5 Å². The minimum absolute atomic E-state index is 0.0611. The summed E-state index contributed by atoms with van der Waals surface area (Å²) in [4.78, 5) is 16.2. The van der Waals surface area contributed by atoms with Crippen LogP contribution < -0.4 is 10.1 Å². The summed E-state index contributed by atoms with van der Waals surface area (Å²) < 4.78 is 5.44. The minimum Gasteiger partial charge on any atom is -0.475 e. The first kappa shape index (κ1) is 14.8. The van der Waals surface area contributed by atoms with Gasteiger partial charge in [-0.1, -0.05) is 0 Å². The van der Waals surface area contributed by atoms with E-state index in [2.05, 4.69) is 10.3 Å². The fourth-order valence-corrected chi connectivity index (χ4v) is 2.14. The number of nitrogens with one attached hydrogen (secondary N) is 1. The maximum absolute atomic E-state index is 12.1. The van der Waals surface area contributed by atoms with Crippen molar-refractivity contribution in [3.8, 4) is 5.88 Å². The Morgan fingerprint density at radius 3 is 2.75 bits per heavy atom. The third-order valence-corrected chi connectivity index (χ3v) is 3.30. The van der Waals surface area contributed by atoms with Gasteiger partial charge in [-0.15, -0.1) is 0 Å². The molecule has 110 valence electrons. The van der Waals surface area contributed by atoms with Crippen molar-refractivity contribution in [3.63, 3.8) is 0 Å². The molecule has 1 aromatic rings. The highest BCUT2D eigenvalue weighted by atomic mass is 16.5. The number of aliphatic hydroxyl groups excluding tert-OH is 1. The van der Waals surface area contributed by atoms with E-state index >= 15 is 0 Å². The van der Waals surface area contributed by atoms with Crippen LogP contribution >= 0.6 is 0 Å². The van der Waals surface area contributed by atoms with Crippen LogP contribution in [0.4, 0.5) is 0 Å². The van der Waals surface area contributed by atoms with Gasteiger partial charge in [0.2, 0.25) is 5.88 Å². The van der Waals surface area contributed by atoms with Crippen LogP contribution in [0.5, 0.6) is 5.88 Å². The predicted molar refractivity (Wildman–Crippen MR) is 75.7 cm³/mol. The lowest BCUT2D eigenvalue weighted by atomic mass is 10.1. The van der Waals surface area contributed by atoms with E-state index < -0.39 is 0 Å². The zero-order valence-electron chi connectivity index (χ0n) is 12.0. The summed E-state index contributed by atoms with van der Waals surface area (Å²) in [5.41, 5.74) is 0.518. The molecular weight excluding hydrogens is 256 g/mol. The largest absolute Gasteiger partial charge is 0.475 e. The summed E-state index contributed by atoms with van der Waals surface area (Å²) in [6.45, 7) is 3.95. The number of carbonyl (C=O) groups is 1. The molecule has 0 spiro atoms. The summed E-state index contributed by atoms with van der Waals surface area (Å²) in [6.07, 6.45) is 4.45. The van der Waals surface area contributed by atoms with Gasteiger partial charge in [-0.25, -0.2) is 4.98 Å². The first-order valence-corrected chi connectivity index (χ1v) is 7.14. The third kappa shape index (κ3) is 4.20. The highest BCUT2D eigenvalue weighted by Crippen LogP contribution is 2.34. The van der Waals surface area contributed by atoms with Crippen molar-refractivity contribution in [2.75, 3.05) is 6.61 Å². The van der Waals surface area contributed by atoms with Crippen LogP contribution in [0.1, 0.15) is 43.5 Å². The van der Waals surface area contributed by atoms with E-state index in [1.54, 1.807) is 12.1 Å². The molecule has 0 saturated heterocycles. The van der Waals surface area contributed by atoms with E-state index in [1.807, 2.05) is 13.8 Å². The van der Waals surface area contributed by atoms with Gasteiger partial charge in [-0.05, 0) is 45.1 Å². The standard InChI is InChI=1S/C15H22N2O3/c1-10(2)20-14-6-5-12(9-16-14)15(19)17-13(7-8-18)11-3-4-11/h5-6,9-11,13,18H,3-4,7-8H2,1-2H3,(H,17,19). The highest BCUT2D eigenvalue weighted by molar-refractivity contribution is 5.94. The minimum atomic E-state index is -0.140. The summed E-state index contributed by atoms with van der Waals surface area (Å²) in [7, 11) is 0. The van der Waals surface area contributed by atoms with E-state index in [0.29, 0.717) is 23.8 Å². The van der Waals surface area contributed by atoms with Crippen LogP contribution in [0, 0.1) is 5.92 Å². The van der Waals surface area contributed by atoms with Crippen molar-refractivity contribution in [2.45, 2.75) is 45.3 Å². The lowest BCUT2D eigenvalue weighted by Crippen LogP contribution is -2.37. The molecule has 1 unspecified atom stereocenters. The van der Waals surface area contributed by atoms with E-state index in [4.69, 9.17) is 9.84 Å². The summed E-state index contributed by atoms with van der Waals surface area (Å²) in [5, 5.41) is 12.0. The number of pyridine rings is 1. The van der Waals surface area contributed by atoms with Crippen LogP contribution in [0.25, 0.3) is 0 Å². The molecule has 1 heterocycles. The zero-order valence-corrected chi connectivity index (χ0v) is 12.0. The molecule has 0 aliphatic heterocycles. The van der Waals surface area contributed by atoms with Crippen LogP contribution in [-0.2, 0) is 0 Å². The lowest BCUT2D eigenvalue weighted by Gasteiger charge is -2.17. The Morgan fingerprint density at radius 1 is 1.50 bits per heavy atom. The second-order valence-corrected chi connectivity index (χ2v) is 5.48. The normalized spacial score (nSPS) is 16.0. The monoisotopic (exact) mass is 278 g/mol.